The summed E-state index contributed by atoms with van der Waals surface area (Å²) < 4.78 is 5.33. The summed E-state index contributed by atoms with van der Waals surface area (Å²) in [6, 6.07) is 0.469. The van der Waals surface area contributed by atoms with E-state index in [1.54, 1.807) is 6.20 Å². The zero-order valence-electron chi connectivity index (χ0n) is 10.4. The van der Waals surface area contributed by atoms with Gasteiger partial charge in [0.25, 0.3) is 0 Å². The quantitative estimate of drug-likeness (QED) is 0.765. The summed E-state index contributed by atoms with van der Waals surface area (Å²) >= 11 is 0. The number of hydrogen-bond donors (Lipinski definition) is 1. The zero-order chi connectivity index (χ0) is 11.8. The van der Waals surface area contributed by atoms with Gasteiger partial charge in [0.1, 0.15) is 0 Å². The molecule has 0 aromatic carbocycles. The molecule has 0 amide bonds. The Kier molecular flexibility index (Phi) is 5.78. The predicted molar refractivity (Wildman–Crippen MR) is 64.7 cm³/mol. The van der Waals surface area contributed by atoms with Crippen LogP contribution in [0.25, 0.3) is 0 Å². The van der Waals surface area contributed by atoms with Gasteiger partial charge in [0.05, 0.1) is 18.5 Å². The van der Waals surface area contributed by atoms with Gasteiger partial charge >= 0.3 is 0 Å². The van der Waals surface area contributed by atoms with Crippen molar-refractivity contribution in [2.75, 3.05) is 13.2 Å². The topological polar surface area (TPSA) is 47.0 Å². The Balaban J connectivity index is 2.60. The monoisotopic (exact) mass is 223 g/mol. The van der Waals surface area contributed by atoms with E-state index in [0.29, 0.717) is 18.5 Å². The van der Waals surface area contributed by atoms with Crippen LogP contribution in [0, 0.1) is 0 Å². The van der Waals surface area contributed by atoms with Crippen molar-refractivity contribution in [1.82, 2.24) is 15.3 Å². The average Bonchev–Trinajstić information content (AvgIpc) is 2.29. The second kappa shape index (κ2) is 7.17. The summed E-state index contributed by atoms with van der Waals surface area (Å²) in [5.74, 6) is 0.617. The third kappa shape index (κ3) is 4.14. The summed E-state index contributed by atoms with van der Waals surface area (Å²) in [5, 5.41) is 3.42. The summed E-state index contributed by atoms with van der Waals surface area (Å²) in [6.45, 7) is 7.85. The Morgan fingerprint density at radius 2 is 2.12 bits per heavy atom. The van der Waals surface area contributed by atoms with Gasteiger partial charge in [0.2, 0.25) is 5.88 Å². The fraction of sp³-hybridized carbons (Fsp3) is 0.667. The summed E-state index contributed by atoms with van der Waals surface area (Å²) in [5.41, 5.74) is 0.985. The zero-order valence-corrected chi connectivity index (χ0v) is 10.4. The van der Waals surface area contributed by atoms with Crippen LogP contribution in [0.1, 0.15) is 32.9 Å². The molecule has 4 heteroatoms. The van der Waals surface area contributed by atoms with Crippen molar-refractivity contribution in [2.45, 2.75) is 39.7 Å². The largest absolute Gasteiger partial charge is 0.477 e. The van der Waals surface area contributed by atoms with Crippen LogP contribution in [0.5, 0.6) is 5.88 Å². The molecule has 1 rings (SSSR count). The van der Waals surface area contributed by atoms with Crippen LogP contribution in [0.2, 0.25) is 0 Å². The lowest BCUT2D eigenvalue weighted by atomic mass is 10.1. The SMILES string of the molecule is CCNC(CC)Cc1cncc(OCC)n1. The van der Waals surface area contributed by atoms with Crippen molar-refractivity contribution in [1.29, 1.82) is 0 Å². The molecule has 0 aliphatic heterocycles. The van der Waals surface area contributed by atoms with Gasteiger partial charge in [-0.25, -0.2) is 4.98 Å². The number of nitrogens with zero attached hydrogens (tertiary/aromatic N) is 2. The highest BCUT2D eigenvalue weighted by molar-refractivity contribution is 5.09. The molecule has 0 aliphatic carbocycles. The van der Waals surface area contributed by atoms with Gasteiger partial charge in [-0.1, -0.05) is 13.8 Å². The predicted octanol–water partition coefficient (Wildman–Crippen LogP) is 1.81. The molecular formula is C12H21N3O. The van der Waals surface area contributed by atoms with Gasteiger partial charge in [-0.15, -0.1) is 0 Å². The molecule has 0 saturated carbocycles. The maximum Gasteiger partial charge on any atom is 0.232 e. The first kappa shape index (κ1) is 12.9. The normalized spacial score (nSPS) is 12.4. The molecule has 0 fully saturated rings. The Morgan fingerprint density at radius 1 is 1.31 bits per heavy atom. The molecule has 90 valence electrons. The third-order valence-corrected chi connectivity index (χ3v) is 2.40. The molecule has 1 N–H and O–H groups in total. The van der Waals surface area contributed by atoms with Gasteiger partial charge in [-0.3, -0.25) is 4.98 Å². The molecule has 1 unspecified atom stereocenters. The van der Waals surface area contributed by atoms with Gasteiger partial charge in [-0.2, -0.15) is 0 Å². The van der Waals surface area contributed by atoms with E-state index in [0.717, 1.165) is 25.1 Å². The highest BCUT2D eigenvalue weighted by Gasteiger charge is 2.07. The number of hydrogen-bond acceptors (Lipinski definition) is 4. The highest BCUT2D eigenvalue weighted by atomic mass is 16.5. The van der Waals surface area contributed by atoms with Gasteiger partial charge < -0.3 is 10.1 Å². The lowest BCUT2D eigenvalue weighted by Gasteiger charge is -2.15. The van der Waals surface area contributed by atoms with E-state index in [1.807, 2.05) is 13.1 Å². The van der Waals surface area contributed by atoms with Crippen molar-refractivity contribution in [3.63, 3.8) is 0 Å². The van der Waals surface area contributed by atoms with E-state index < -0.39 is 0 Å². The molecule has 16 heavy (non-hydrogen) atoms. The van der Waals surface area contributed by atoms with Crippen molar-refractivity contribution in [2.24, 2.45) is 0 Å². The van der Waals surface area contributed by atoms with Crippen LogP contribution >= 0.6 is 0 Å². The number of likely N-dealkylation sites (N-methyl/N-ethyl adjacent to an activating group) is 1. The van der Waals surface area contributed by atoms with Crippen LogP contribution in [0.3, 0.4) is 0 Å². The molecule has 0 aliphatic rings. The Labute approximate surface area is 97.5 Å². The summed E-state index contributed by atoms with van der Waals surface area (Å²) in [4.78, 5) is 8.54. The first-order valence-electron chi connectivity index (χ1n) is 5.97. The molecule has 0 bridgehead atoms. The molecule has 1 aromatic rings. The second-order valence-corrected chi connectivity index (χ2v) is 3.65. The Hall–Kier alpha value is -1.16. The standard InChI is InChI=1S/C12H21N3O/c1-4-10(14-5-2)7-11-8-13-9-12(15-11)16-6-3/h8-10,14H,4-7H2,1-3H3. The van der Waals surface area contributed by atoms with E-state index in [1.165, 1.54) is 0 Å². The van der Waals surface area contributed by atoms with Crippen LogP contribution < -0.4 is 10.1 Å². The summed E-state index contributed by atoms with van der Waals surface area (Å²) in [6.07, 6.45) is 5.45. The lowest BCUT2D eigenvalue weighted by molar-refractivity contribution is 0.323. The van der Waals surface area contributed by atoms with E-state index >= 15 is 0 Å². The van der Waals surface area contributed by atoms with E-state index in [4.69, 9.17) is 4.74 Å². The lowest BCUT2D eigenvalue weighted by Crippen LogP contribution is -2.30. The van der Waals surface area contributed by atoms with Crippen LogP contribution in [0.15, 0.2) is 12.4 Å². The molecular weight excluding hydrogens is 202 g/mol. The fourth-order valence-corrected chi connectivity index (χ4v) is 1.60. The van der Waals surface area contributed by atoms with Crippen LogP contribution in [-0.2, 0) is 6.42 Å². The van der Waals surface area contributed by atoms with Crippen molar-refractivity contribution >= 4 is 0 Å². The van der Waals surface area contributed by atoms with Gasteiger partial charge in [-0.05, 0) is 19.9 Å². The minimum atomic E-state index is 0.469. The molecule has 1 heterocycles. The third-order valence-electron chi connectivity index (χ3n) is 2.40. The maximum absolute atomic E-state index is 5.33. The molecule has 0 radical (unpaired) electrons. The van der Waals surface area contributed by atoms with E-state index in [2.05, 4.69) is 29.1 Å². The number of rotatable bonds is 7. The minimum Gasteiger partial charge on any atom is -0.477 e. The molecule has 4 nitrogen and oxygen atoms in total. The van der Waals surface area contributed by atoms with Crippen molar-refractivity contribution < 1.29 is 4.74 Å². The van der Waals surface area contributed by atoms with Crippen molar-refractivity contribution in [3.05, 3.63) is 18.1 Å². The number of aromatic nitrogens is 2. The summed E-state index contributed by atoms with van der Waals surface area (Å²) in [7, 11) is 0. The smallest absolute Gasteiger partial charge is 0.232 e. The number of nitrogens with one attached hydrogen (secondary N) is 1. The molecule has 0 spiro atoms. The fourth-order valence-electron chi connectivity index (χ4n) is 1.60. The second-order valence-electron chi connectivity index (χ2n) is 3.65. The average molecular weight is 223 g/mol. The highest BCUT2D eigenvalue weighted by Crippen LogP contribution is 2.08. The Bertz CT molecular complexity index is 304. The first-order valence-corrected chi connectivity index (χ1v) is 5.97. The van der Waals surface area contributed by atoms with Gasteiger partial charge in [0.15, 0.2) is 0 Å². The minimum absolute atomic E-state index is 0.469. The maximum atomic E-state index is 5.33. The van der Waals surface area contributed by atoms with E-state index in [-0.39, 0.29) is 0 Å². The van der Waals surface area contributed by atoms with Gasteiger partial charge in [0, 0.05) is 18.7 Å². The first-order chi connectivity index (χ1) is 7.80. The van der Waals surface area contributed by atoms with Crippen LogP contribution in [0.4, 0.5) is 0 Å². The molecule has 1 aromatic heterocycles. The molecule has 0 saturated heterocycles. The molecule has 1 atom stereocenters. The van der Waals surface area contributed by atoms with Crippen molar-refractivity contribution in [3.8, 4) is 5.88 Å². The van der Waals surface area contributed by atoms with Crippen LogP contribution in [-0.4, -0.2) is 29.2 Å². The number of ether oxygens (including phenoxy) is 1. The van der Waals surface area contributed by atoms with E-state index in [9.17, 15) is 0 Å². The Morgan fingerprint density at radius 3 is 2.75 bits per heavy atom.